The zero-order valence-corrected chi connectivity index (χ0v) is 15.0. The van der Waals surface area contributed by atoms with Crippen molar-refractivity contribution in [3.8, 4) is 0 Å². The summed E-state index contributed by atoms with van der Waals surface area (Å²) < 4.78 is 0. The molecule has 2 aromatic carbocycles. The number of hydrogen-bond donors (Lipinski definition) is 2. The average molecular weight is 368 g/mol. The molecule has 140 valence electrons. The number of aromatic carboxylic acids is 1. The molecule has 0 aliphatic carbocycles. The summed E-state index contributed by atoms with van der Waals surface area (Å²) in [5, 5.41) is 20.6. The number of carbonyl (C=O) groups excluding carboxylic acids is 2. The number of aliphatic hydroxyl groups is 1. The SMILES string of the molecule is CC(C)N1C(=O)N(Cc2ccccc2)C(O)(c2cccc(C(=O)O)c2)C1=O. The van der Waals surface area contributed by atoms with Crippen LogP contribution in [0.3, 0.4) is 0 Å². The first-order valence-electron chi connectivity index (χ1n) is 8.52. The predicted molar refractivity (Wildman–Crippen MR) is 96.7 cm³/mol. The molecule has 1 aliphatic rings. The number of rotatable bonds is 5. The Morgan fingerprint density at radius 3 is 2.33 bits per heavy atom. The molecule has 1 fully saturated rings. The number of amides is 3. The van der Waals surface area contributed by atoms with Gasteiger partial charge in [-0.1, -0.05) is 42.5 Å². The van der Waals surface area contributed by atoms with Gasteiger partial charge >= 0.3 is 12.0 Å². The summed E-state index contributed by atoms with van der Waals surface area (Å²) in [6.45, 7) is 3.36. The standard InChI is InChI=1S/C20H20N2O5/c1-13(2)22-18(25)20(27,16-10-6-9-15(11-16)17(23)24)21(19(22)26)12-14-7-4-3-5-8-14/h3-11,13,27H,12H2,1-2H3,(H,23,24). The number of benzene rings is 2. The molecule has 7 heteroatoms. The molecule has 27 heavy (non-hydrogen) atoms. The minimum atomic E-state index is -2.28. The Balaban J connectivity index is 2.12. The molecule has 2 N–H and O–H groups in total. The van der Waals surface area contributed by atoms with Crippen LogP contribution in [0.1, 0.15) is 35.3 Å². The Morgan fingerprint density at radius 1 is 1.07 bits per heavy atom. The van der Waals surface area contributed by atoms with E-state index in [0.29, 0.717) is 0 Å². The number of imide groups is 1. The van der Waals surface area contributed by atoms with E-state index < -0.39 is 29.7 Å². The maximum Gasteiger partial charge on any atom is 0.335 e. The number of carboxylic acids is 1. The van der Waals surface area contributed by atoms with E-state index in [1.54, 1.807) is 38.1 Å². The van der Waals surface area contributed by atoms with Gasteiger partial charge in [-0.15, -0.1) is 0 Å². The average Bonchev–Trinajstić information content (AvgIpc) is 2.84. The molecule has 1 saturated heterocycles. The molecule has 1 unspecified atom stereocenters. The fraction of sp³-hybridized carbons (Fsp3) is 0.250. The first kappa shape index (κ1) is 18.6. The Hall–Kier alpha value is -3.19. The van der Waals surface area contributed by atoms with Crippen LogP contribution in [-0.4, -0.2) is 44.0 Å². The quantitative estimate of drug-likeness (QED) is 0.790. The van der Waals surface area contributed by atoms with E-state index >= 15 is 0 Å². The van der Waals surface area contributed by atoms with Crippen molar-refractivity contribution >= 4 is 17.9 Å². The van der Waals surface area contributed by atoms with Gasteiger partial charge in [-0.05, 0) is 31.5 Å². The number of nitrogens with zero attached hydrogens (tertiary/aromatic N) is 2. The lowest BCUT2D eigenvalue weighted by Gasteiger charge is -2.30. The van der Waals surface area contributed by atoms with Gasteiger partial charge in [0, 0.05) is 11.6 Å². The van der Waals surface area contributed by atoms with Gasteiger partial charge in [0.05, 0.1) is 12.1 Å². The van der Waals surface area contributed by atoms with Gasteiger partial charge in [0.25, 0.3) is 11.6 Å². The second-order valence-electron chi connectivity index (χ2n) is 6.68. The number of urea groups is 1. The van der Waals surface area contributed by atoms with Crippen molar-refractivity contribution in [1.82, 2.24) is 9.80 Å². The Labute approximate surface area is 156 Å². The molecule has 3 rings (SSSR count). The summed E-state index contributed by atoms with van der Waals surface area (Å²) in [5.41, 5.74) is -1.58. The summed E-state index contributed by atoms with van der Waals surface area (Å²) in [7, 11) is 0. The van der Waals surface area contributed by atoms with Crippen molar-refractivity contribution in [2.75, 3.05) is 0 Å². The fourth-order valence-corrected chi connectivity index (χ4v) is 3.19. The van der Waals surface area contributed by atoms with Crippen molar-refractivity contribution in [2.45, 2.75) is 32.2 Å². The van der Waals surface area contributed by atoms with Gasteiger partial charge in [-0.25, -0.2) is 9.59 Å². The van der Waals surface area contributed by atoms with Crippen LogP contribution in [0.5, 0.6) is 0 Å². The molecule has 0 saturated carbocycles. The molecule has 1 heterocycles. The van der Waals surface area contributed by atoms with E-state index in [0.717, 1.165) is 15.4 Å². The van der Waals surface area contributed by atoms with Gasteiger partial charge in [-0.3, -0.25) is 14.6 Å². The van der Waals surface area contributed by atoms with E-state index in [-0.39, 0.29) is 17.7 Å². The Kier molecular flexibility index (Phi) is 4.72. The summed E-state index contributed by atoms with van der Waals surface area (Å²) >= 11 is 0. The lowest BCUT2D eigenvalue weighted by molar-refractivity contribution is -0.156. The number of hydrogen-bond acceptors (Lipinski definition) is 4. The zero-order chi connectivity index (χ0) is 19.8. The Morgan fingerprint density at radius 2 is 1.74 bits per heavy atom. The largest absolute Gasteiger partial charge is 0.478 e. The molecule has 0 aromatic heterocycles. The number of carboxylic acid groups (broad SMARTS) is 1. The maximum atomic E-state index is 13.0. The van der Waals surface area contributed by atoms with Crippen LogP contribution >= 0.6 is 0 Å². The third-order valence-electron chi connectivity index (χ3n) is 4.56. The van der Waals surface area contributed by atoms with Crippen LogP contribution in [0.15, 0.2) is 54.6 Å². The highest BCUT2D eigenvalue weighted by atomic mass is 16.4. The van der Waals surface area contributed by atoms with Crippen molar-refractivity contribution in [3.05, 3.63) is 71.3 Å². The molecular formula is C20H20N2O5. The summed E-state index contributed by atoms with van der Waals surface area (Å²) in [6, 6.07) is 13.4. The van der Waals surface area contributed by atoms with Gasteiger partial charge in [0.1, 0.15) is 0 Å². The highest BCUT2D eigenvalue weighted by Gasteiger charge is 2.58. The van der Waals surface area contributed by atoms with E-state index in [1.165, 1.54) is 24.3 Å². The highest BCUT2D eigenvalue weighted by molar-refractivity contribution is 6.06. The third-order valence-corrected chi connectivity index (χ3v) is 4.56. The summed E-state index contributed by atoms with van der Waals surface area (Å²) in [6.07, 6.45) is 0. The van der Waals surface area contributed by atoms with E-state index in [4.69, 9.17) is 0 Å². The van der Waals surface area contributed by atoms with Gasteiger partial charge in [-0.2, -0.15) is 0 Å². The van der Waals surface area contributed by atoms with Crippen LogP contribution < -0.4 is 0 Å². The third kappa shape index (κ3) is 3.06. The van der Waals surface area contributed by atoms with Crippen LogP contribution in [0, 0.1) is 0 Å². The van der Waals surface area contributed by atoms with Crippen LogP contribution in [0.25, 0.3) is 0 Å². The maximum absolute atomic E-state index is 13.0. The van der Waals surface area contributed by atoms with Crippen LogP contribution in [0.4, 0.5) is 4.79 Å². The topological polar surface area (TPSA) is 98.2 Å². The molecule has 7 nitrogen and oxygen atoms in total. The molecular weight excluding hydrogens is 348 g/mol. The normalized spacial score (nSPS) is 19.9. The predicted octanol–water partition coefficient (Wildman–Crippen LogP) is 2.40. The molecule has 1 aliphatic heterocycles. The minimum absolute atomic E-state index is 0.00241. The fourth-order valence-electron chi connectivity index (χ4n) is 3.19. The molecule has 0 spiro atoms. The van der Waals surface area contributed by atoms with Gasteiger partial charge < -0.3 is 10.2 Å². The summed E-state index contributed by atoms with van der Waals surface area (Å²) in [4.78, 5) is 39.3. The van der Waals surface area contributed by atoms with Crippen molar-refractivity contribution in [2.24, 2.45) is 0 Å². The molecule has 2 aromatic rings. The molecule has 3 amide bonds. The van der Waals surface area contributed by atoms with E-state index in [1.807, 2.05) is 6.07 Å². The van der Waals surface area contributed by atoms with Crippen molar-refractivity contribution in [1.29, 1.82) is 0 Å². The van der Waals surface area contributed by atoms with Gasteiger partial charge in [0.15, 0.2) is 0 Å². The second kappa shape index (κ2) is 6.85. The number of carbonyl (C=O) groups is 3. The monoisotopic (exact) mass is 368 g/mol. The first-order valence-corrected chi connectivity index (χ1v) is 8.52. The van der Waals surface area contributed by atoms with Crippen molar-refractivity contribution in [3.63, 3.8) is 0 Å². The molecule has 1 atom stereocenters. The summed E-state index contributed by atoms with van der Waals surface area (Å²) in [5.74, 6) is -1.98. The molecule has 0 bridgehead atoms. The smallest absolute Gasteiger partial charge is 0.335 e. The lowest BCUT2D eigenvalue weighted by atomic mass is 9.98. The van der Waals surface area contributed by atoms with Crippen LogP contribution in [0.2, 0.25) is 0 Å². The first-order chi connectivity index (χ1) is 12.8. The van der Waals surface area contributed by atoms with E-state index in [2.05, 4.69) is 0 Å². The Bertz CT molecular complexity index is 896. The lowest BCUT2D eigenvalue weighted by Crippen LogP contribution is -2.46. The second-order valence-corrected chi connectivity index (χ2v) is 6.68. The van der Waals surface area contributed by atoms with Crippen LogP contribution in [-0.2, 0) is 17.1 Å². The zero-order valence-electron chi connectivity index (χ0n) is 15.0. The minimum Gasteiger partial charge on any atom is -0.478 e. The molecule has 0 radical (unpaired) electrons. The van der Waals surface area contributed by atoms with Gasteiger partial charge in [0.2, 0.25) is 0 Å². The van der Waals surface area contributed by atoms with E-state index in [9.17, 15) is 24.6 Å². The highest BCUT2D eigenvalue weighted by Crippen LogP contribution is 2.37. The van der Waals surface area contributed by atoms with Crippen molar-refractivity contribution < 1.29 is 24.6 Å².